The summed E-state index contributed by atoms with van der Waals surface area (Å²) in [6.45, 7) is 5.30. The fourth-order valence-electron chi connectivity index (χ4n) is 4.36. The van der Waals surface area contributed by atoms with Gasteiger partial charge < -0.3 is 24.5 Å². The summed E-state index contributed by atoms with van der Waals surface area (Å²) < 4.78 is 32.3. The zero-order valence-electron chi connectivity index (χ0n) is 19.6. The number of carbonyl (C=O) groups is 1. The molecule has 10 nitrogen and oxygen atoms in total. The number of nitrogens with two attached hydrogens (primary N) is 1. The molecule has 1 fully saturated rings. The Hall–Kier alpha value is -2.67. The van der Waals surface area contributed by atoms with E-state index in [1.807, 2.05) is 7.05 Å². The molecular formula is C22H29N5O5S2. The van der Waals surface area contributed by atoms with Crippen LogP contribution in [0.5, 0.6) is 5.75 Å². The van der Waals surface area contributed by atoms with Crippen LogP contribution in [0, 0.1) is 6.92 Å². The average molecular weight is 508 g/mol. The Bertz CT molecular complexity index is 1420. The molecule has 0 spiro atoms. The van der Waals surface area contributed by atoms with Crippen molar-refractivity contribution in [1.29, 1.82) is 0 Å². The van der Waals surface area contributed by atoms with Gasteiger partial charge in [-0.05, 0) is 46.3 Å². The molecular weight excluding hydrogens is 478 g/mol. The molecule has 1 atom stereocenters. The molecule has 1 saturated heterocycles. The van der Waals surface area contributed by atoms with Gasteiger partial charge in [-0.1, -0.05) is 0 Å². The topological polar surface area (TPSA) is 140 Å². The molecule has 4 rings (SSSR count). The molecule has 12 heteroatoms. The molecule has 0 radical (unpaired) electrons. The molecule has 184 valence electrons. The molecule has 4 N–H and O–H groups in total. The van der Waals surface area contributed by atoms with E-state index in [9.17, 15) is 18.0 Å². The predicted octanol–water partition coefficient (Wildman–Crippen LogP) is 1.77. The highest BCUT2D eigenvalue weighted by Crippen LogP contribution is 2.46. The van der Waals surface area contributed by atoms with Gasteiger partial charge in [-0.2, -0.15) is 0 Å². The molecule has 1 aliphatic rings. The molecule has 1 unspecified atom stereocenters. The van der Waals surface area contributed by atoms with Crippen LogP contribution in [-0.2, 0) is 17.1 Å². The molecule has 0 aromatic carbocycles. The number of pyridine rings is 1. The van der Waals surface area contributed by atoms with Gasteiger partial charge in [-0.15, -0.1) is 11.3 Å². The maximum absolute atomic E-state index is 12.8. The number of nitrogens with one attached hydrogen (secondary N) is 2. The van der Waals surface area contributed by atoms with Crippen LogP contribution in [0.4, 0.5) is 0 Å². The number of H-pyrrole nitrogens is 1. The number of hydrogen-bond donors (Lipinski definition) is 3. The van der Waals surface area contributed by atoms with E-state index in [-0.39, 0.29) is 32.9 Å². The van der Waals surface area contributed by atoms with E-state index in [4.69, 9.17) is 9.88 Å². The van der Waals surface area contributed by atoms with Crippen LogP contribution < -0.4 is 20.8 Å². The first-order chi connectivity index (χ1) is 16.0. The van der Waals surface area contributed by atoms with Crippen molar-refractivity contribution in [3.63, 3.8) is 0 Å². The molecule has 4 heterocycles. The first-order valence-electron chi connectivity index (χ1n) is 11.0. The maximum atomic E-state index is 12.8. The van der Waals surface area contributed by atoms with Crippen molar-refractivity contribution in [2.24, 2.45) is 12.2 Å². The third-order valence-corrected chi connectivity index (χ3v) is 9.06. The Kier molecular flexibility index (Phi) is 6.60. The molecule has 1 aliphatic heterocycles. The van der Waals surface area contributed by atoms with Crippen molar-refractivity contribution in [1.82, 2.24) is 19.8 Å². The molecule has 3 aromatic rings. The van der Waals surface area contributed by atoms with Crippen LogP contribution in [0.15, 0.2) is 21.3 Å². The third kappa shape index (κ3) is 4.38. The first-order valence-corrected chi connectivity index (χ1v) is 13.4. The summed E-state index contributed by atoms with van der Waals surface area (Å²) in [5.74, 6) is 0.0927. The van der Waals surface area contributed by atoms with Gasteiger partial charge in [-0.3, -0.25) is 9.59 Å². The van der Waals surface area contributed by atoms with E-state index >= 15 is 0 Å². The first kappa shape index (κ1) is 24.5. The Balaban J connectivity index is 1.90. The Morgan fingerprint density at radius 2 is 2.12 bits per heavy atom. The number of aryl methyl sites for hydroxylation is 1. The van der Waals surface area contributed by atoms with E-state index in [0.29, 0.717) is 40.3 Å². The molecule has 1 amide bonds. The van der Waals surface area contributed by atoms with Crippen LogP contribution in [0.3, 0.4) is 0 Å². The smallest absolute Gasteiger partial charge is 0.274 e. The number of aromatic nitrogens is 2. The number of primary sulfonamides is 1. The highest BCUT2D eigenvalue weighted by atomic mass is 32.2. The fraction of sp³-hybridized carbons (Fsp3) is 0.455. The minimum atomic E-state index is -3.99. The van der Waals surface area contributed by atoms with Crippen molar-refractivity contribution >= 4 is 38.2 Å². The Labute approximate surface area is 201 Å². The van der Waals surface area contributed by atoms with E-state index in [2.05, 4.69) is 15.2 Å². The van der Waals surface area contributed by atoms with Gasteiger partial charge >= 0.3 is 0 Å². The number of thiophene rings is 1. The van der Waals surface area contributed by atoms with Gasteiger partial charge in [0.1, 0.15) is 27.8 Å². The number of carbonyl (C=O) groups excluding carboxylic acids is 1. The lowest BCUT2D eigenvalue weighted by atomic mass is 10.1. The van der Waals surface area contributed by atoms with E-state index in [0.717, 1.165) is 30.7 Å². The lowest BCUT2D eigenvalue weighted by molar-refractivity contribution is 0.0951. The largest absolute Gasteiger partial charge is 0.490 e. The average Bonchev–Trinajstić information content (AvgIpc) is 3.46. The SMILES string of the molecule is CCNC(=O)c1cc2c(-c3sc(S(N)(=O)=O)c(C)c3OCC3CCCN3C)cn(C)c(=O)c2[nH]1. The van der Waals surface area contributed by atoms with Crippen molar-refractivity contribution in [3.05, 3.63) is 33.9 Å². The zero-order valence-corrected chi connectivity index (χ0v) is 21.2. The second-order valence-electron chi connectivity index (χ2n) is 8.60. The van der Waals surface area contributed by atoms with Crippen LogP contribution >= 0.6 is 11.3 Å². The summed E-state index contributed by atoms with van der Waals surface area (Å²) in [5, 5.41) is 8.73. The summed E-state index contributed by atoms with van der Waals surface area (Å²) in [6.07, 6.45) is 3.71. The van der Waals surface area contributed by atoms with Crippen molar-refractivity contribution in [2.45, 2.75) is 36.9 Å². The molecule has 0 bridgehead atoms. The summed E-state index contributed by atoms with van der Waals surface area (Å²) in [4.78, 5) is 30.9. The Morgan fingerprint density at radius 1 is 1.38 bits per heavy atom. The number of rotatable bonds is 7. The van der Waals surface area contributed by atoms with Crippen molar-refractivity contribution in [3.8, 4) is 16.2 Å². The van der Waals surface area contributed by atoms with Crippen LogP contribution in [0.2, 0.25) is 0 Å². The van der Waals surface area contributed by atoms with Gasteiger partial charge in [0, 0.05) is 42.3 Å². The van der Waals surface area contributed by atoms with Gasteiger partial charge in [0.25, 0.3) is 11.5 Å². The lowest BCUT2D eigenvalue weighted by Gasteiger charge is -2.20. The monoisotopic (exact) mass is 507 g/mol. The molecule has 34 heavy (non-hydrogen) atoms. The van der Waals surface area contributed by atoms with Crippen LogP contribution in [0.1, 0.15) is 35.8 Å². The zero-order chi connectivity index (χ0) is 24.8. The number of aromatic amines is 1. The van der Waals surface area contributed by atoms with E-state index in [1.165, 1.54) is 4.57 Å². The minimum Gasteiger partial charge on any atom is -0.490 e. The van der Waals surface area contributed by atoms with Gasteiger partial charge in [-0.25, -0.2) is 13.6 Å². The highest BCUT2D eigenvalue weighted by molar-refractivity contribution is 7.91. The quantitative estimate of drug-likeness (QED) is 0.445. The van der Waals surface area contributed by atoms with Gasteiger partial charge in [0.05, 0.1) is 4.88 Å². The van der Waals surface area contributed by atoms with Gasteiger partial charge in [0.2, 0.25) is 10.0 Å². The van der Waals surface area contributed by atoms with E-state index in [1.54, 1.807) is 33.2 Å². The maximum Gasteiger partial charge on any atom is 0.274 e. The number of amides is 1. The molecule has 0 saturated carbocycles. The van der Waals surface area contributed by atoms with Crippen molar-refractivity contribution < 1.29 is 17.9 Å². The third-order valence-electron chi connectivity index (χ3n) is 6.19. The highest BCUT2D eigenvalue weighted by Gasteiger charge is 2.28. The number of likely N-dealkylation sites (N-methyl/N-ethyl adjacent to an activating group) is 1. The number of fused-ring (bicyclic) bond motifs is 1. The van der Waals surface area contributed by atoms with E-state index < -0.39 is 10.0 Å². The number of sulfonamides is 1. The summed E-state index contributed by atoms with van der Waals surface area (Å²) in [5.41, 5.74) is 1.22. The minimum absolute atomic E-state index is 0.0127. The summed E-state index contributed by atoms with van der Waals surface area (Å²) in [7, 11) is -0.348. The fourth-order valence-corrected chi connectivity index (χ4v) is 6.61. The number of ether oxygens (including phenoxy) is 1. The lowest BCUT2D eigenvalue weighted by Crippen LogP contribution is -2.30. The molecule has 0 aliphatic carbocycles. The van der Waals surface area contributed by atoms with Crippen LogP contribution in [-0.4, -0.2) is 61.6 Å². The number of likely N-dealkylation sites (tertiary alicyclic amines) is 1. The normalized spacial score (nSPS) is 16.9. The number of hydrogen-bond acceptors (Lipinski definition) is 7. The Morgan fingerprint density at radius 3 is 2.74 bits per heavy atom. The van der Waals surface area contributed by atoms with Crippen molar-refractivity contribution in [2.75, 3.05) is 26.7 Å². The second kappa shape index (κ2) is 9.17. The summed E-state index contributed by atoms with van der Waals surface area (Å²) in [6, 6.07) is 1.83. The molecule has 3 aromatic heterocycles. The predicted molar refractivity (Wildman–Crippen MR) is 132 cm³/mol. The standard InChI is InChI=1S/C22H29N5O5S2/c1-5-24-20(28)16-9-14-15(10-27(4)21(29)17(14)25-16)19-18(12(2)22(33-19)34(23,30)31)32-11-13-7-6-8-26(13)3/h9-10,13,25H,5-8,11H2,1-4H3,(H,24,28)(H2,23,30,31). The summed E-state index contributed by atoms with van der Waals surface area (Å²) >= 11 is 1.01. The van der Waals surface area contributed by atoms with Crippen LogP contribution in [0.25, 0.3) is 21.3 Å². The second-order valence-corrected chi connectivity index (χ2v) is 11.4. The van der Waals surface area contributed by atoms with Gasteiger partial charge in [0.15, 0.2) is 0 Å². The number of nitrogens with zero attached hydrogens (tertiary/aromatic N) is 2.